The molecule has 248 valence electrons. The van der Waals surface area contributed by atoms with Crippen LogP contribution in [0.2, 0.25) is 0 Å². The van der Waals surface area contributed by atoms with Crippen molar-refractivity contribution in [1.82, 2.24) is 0 Å². The Labute approximate surface area is 262 Å². The molecule has 2 N–H and O–H groups in total. The highest BCUT2D eigenvalue weighted by Crippen LogP contribution is 2.24. The second kappa shape index (κ2) is 38.0. The van der Waals surface area contributed by atoms with Gasteiger partial charge in [-0.15, -0.1) is 0 Å². The van der Waals surface area contributed by atoms with Crippen molar-refractivity contribution in [2.24, 2.45) is 11.7 Å². The van der Waals surface area contributed by atoms with Gasteiger partial charge in [-0.05, 0) is 18.9 Å². The lowest BCUT2D eigenvalue weighted by Crippen LogP contribution is -2.03. The van der Waals surface area contributed by atoms with Crippen LogP contribution in [0.1, 0.15) is 245 Å². The first-order chi connectivity index (χ1) is 20.3. The SMILES string of the molecule is CCCCCCCCCCCCCCCCCCC(CCCCCN)CCCCCCCCCCCCCCCC. The molecule has 0 radical (unpaired) electrons. The van der Waals surface area contributed by atoms with Gasteiger partial charge in [0.25, 0.3) is 0 Å². The highest BCUT2D eigenvalue weighted by molar-refractivity contribution is 4.62. The van der Waals surface area contributed by atoms with Gasteiger partial charge in [0.05, 0.1) is 0 Å². The molecule has 0 fully saturated rings. The van der Waals surface area contributed by atoms with E-state index in [9.17, 15) is 0 Å². The molecule has 0 aromatic rings. The zero-order valence-electron chi connectivity index (χ0n) is 29.3. The molecular weight excluding hydrogens is 494 g/mol. The van der Waals surface area contributed by atoms with Crippen LogP contribution >= 0.6 is 0 Å². The van der Waals surface area contributed by atoms with E-state index in [-0.39, 0.29) is 0 Å². The van der Waals surface area contributed by atoms with Gasteiger partial charge in [-0.1, -0.05) is 239 Å². The minimum absolute atomic E-state index is 0.878. The van der Waals surface area contributed by atoms with Gasteiger partial charge < -0.3 is 5.73 Å². The van der Waals surface area contributed by atoms with E-state index in [4.69, 9.17) is 5.73 Å². The van der Waals surface area contributed by atoms with E-state index in [1.807, 2.05) is 0 Å². The van der Waals surface area contributed by atoms with Crippen molar-refractivity contribution in [2.75, 3.05) is 6.54 Å². The summed E-state index contributed by atoms with van der Waals surface area (Å²) in [4.78, 5) is 0. The lowest BCUT2D eigenvalue weighted by atomic mass is 9.89. The third-order valence-corrected chi connectivity index (χ3v) is 9.75. The zero-order chi connectivity index (χ0) is 29.7. The summed E-state index contributed by atoms with van der Waals surface area (Å²) in [6.07, 6.45) is 52.6. The summed E-state index contributed by atoms with van der Waals surface area (Å²) in [7, 11) is 0. The third kappa shape index (κ3) is 36.1. The number of nitrogens with two attached hydrogens (primary N) is 1. The van der Waals surface area contributed by atoms with Crippen molar-refractivity contribution in [1.29, 1.82) is 0 Å². The van der Waals surface area contributed by atoms with Crippen LogP contribution in [0.3, 0.4) is 0 Å². The Morgan fingerprint density at radius 3 is 0.683 bits per heavy atom. The van der Waals surface area contributed by atoms with Gasteiger partial charge in [-0.25, -0.2) is 0 Å². The van der Waals surface area contributed by atoms with E-state index < -0.39 is 0 Å². The molecule has 41 heavy (non-hydrogen) atoms. The van der Waals surface area contributed by atoms with Crippen LogP contribution in [0, 0.1) is 5.92 Å². The van der Waals surface area contributed by atoms with Gasteiger partial charge in [0, 0.05) is 0 Å². The summed E-state index contributed by atoms with van der Waals surface area (Å²) in [6.45, 7) is 5.50. The number of hydrogen-bond acceptors (Lipinski definition) is 1. The fraction of sp³-hybridized carbons (Fsp3) is 1.00. The molecule has 0 spiro atoms. The Balaban J connectivity index is 3.61. The minimum atomic E-state index is 0.878. The first kappa shape index (κ1) is 41.0. The summed E-state index contributed by atoms with van der Waals surface area (Å²) >= 11 is 0. The van der Waals surface area contributed by atoms with Crippen molar-refractivity contribution in [3.63, 3.8) is 0 Å². The van der Waals surface area contributed by atoms with Crippen molar-refractivity contribution < 1.29 is 0 Å². The average Bonchev–Trinajstić information content (AvgIpc) is 2.98. The maximum Gasteiger partial charge on any atom is -0.00773 e. The van der Waals surface area contributed by atoms with Crippen LogP contribution in [0.25, 0.3) is 0 Å². The molecule has 0 aliphatic rings. The highest BCUT2D eigenvalue weighted by atomic mass is 14.5. The molecule has 0 bridgehead atoms. The predicted molar refractivity (Wildman–Crippen MR) is 190 cm³/mol. The minimum Gasteiger partial charge on any atom is -0.330 e. The Bertz CT molecular complexity index is 433. The highest BCUT2D eigenvalue weighted by Gasteiger charge is 2.09. The van der Waals surface area contributed by atoms with Crippen molar-refractivity contribution >= 4 is 0 Å². The second-order valence-electron chi connectivity index (χ2n) is 14.0. The summed E-state index contributed by atoms with van der Waals surface area (Å²) in [6, 6.07) is 0. The Kier molecular flexibility index (Phi) is 37.9. The smallest absolute Gasteiger partial charge is 0.00773 e. The molecule has 0 saturated carbocycles. The first-order valence-electron chi connectivity index (χ1n) is 20.0. The van der Waals surface area contributed by atoms with Gasteiger partial charge in [-0.3, -0.25) is 0 Å². The van der Waals surface area contributed by atoms with Crippen LogP contribution < -0.4 is 5.73 Å². The van der Waals surface area contributed by atoms with Crippen LogP contribution in [0.4, 0.5) is 0 Å². The largest absolute Gasteiger partial charge is 0.330 e. The van der Waals surface area contributed by atoms with E-state index in [0.717, 1.165) is 12.5 Å². The Hall–Kier alpha value is -0.0400. The van der Waals surface area contributed by atoms with Gasteiger partial charge in [-0.2, -0.15) is 0 Å². The van der Waals surface area contributed by atoms with Crippen molar-refractivity contribution in [3.8, 4) is 0 Å². The Morgan fingerprint density at radius 1 is 0.268 bits per heavy atom. The molecule has 0 rings (SSSR count). The number of unbranched alkanes of at least 4 members (excludes halogenated alkanes) is 30. The fourth-order valence-corrected chi connectivity index (χ4v) is 6.80. The third-order valence-electron chi connectivity index (χ3n) is 9.75. The van der Waals surface area contributed by atoms with Crippen LogP contribution in [-0.4, -0.2) is 6.54 Å². The summed E-state index contributed by atoms with van der Waals surface area (Å²) < 4.78 is 0. The predicted octanol–water partition coefficient (Wildman–Crippen LogP) is 14.6. The molecule has 1 nitrogen and oxygen atoms in total. The molecule has 0 aromatic carbocycles. The molecule has 1 heteroatoms. The maximum atomic E-state index is 5.74. The molecule has 0 aliphatic carbocycles. The van der Waals surface area contributed by atoms with Crippen molar-refractivity contribution in [2.45, 2.75) is 245 Å². The molecule has 1 atom stereocenters. The fourth-order valence-electron chi connectivity index (χ4n) is 6.80. The maximum absolute atomic E-state index is 5.74. The van der Waals surface area contributed by atoms with Crippen LogP contribution in [0.5, 0.6) is 0 Å². The van der Waals surface area contributed by atoms with E-state index in [0.29, 0.717) is 0 Å². The molecule has 0 aromatic heterocycles. The zero-order valence-corrected chi connectivity index (χ0v) is 29.3. The first-order valence-corrected chi connectivity index (χ1v) is 20.0. The Morgan fingerprint density at radius 2 is 0.463 bits per heavy atom. The van der Waals surface area contributed by atoms with Crippen molar-refractivity contribution in [3.05, 3.63) is 0 Å². The monoisotopic (exact) mass is 578 g/mol. The van der Waals surface area contributed by atoms with E-state index >= 15 is 0 Å². The summed E-state index contributed by atoms with van der Waals surface area (Å²) in [5.41, 5.74) is 5.74. The number of hydrogen-bond donors (Lipinski definition) is 1. The lowest BCUT2D eigenvalue weighted by Gasteiger charge is -2.17. The number of rotatable bonds is 37. The normalized spacial score (nSPS) is 12.4. The lowest BCUT2D eigenvalue weighted by molar-refractivity contribution is 0.366. The molecule has 0 heterocycles. The standard InChI is InChI=1S/C40H83N/c1-3-5-7-9-11-13-15-17-19-20-22-24-26-28-30-33-37-40(38-34-31-35-39-41)36-32-29-27-25-23-21-18-16-14-12-10-8-6-4-2/h40H,3-39,41H2,1-2H3. The molecular formula is C40H83N. The molecule has 1 unspecified atom stereocenters. The summed E-state index contributed by atoms with van der Waals surface area (Å²) in [5.74, 6) is 0.997. The van der Waals surface area contributed by atoms with Crippen LogP contribution in [-0.2, 0) is 0 Å². The van der Waals surface area contributed by atoms with Crippen LogP contribution in [0.15, 0.2) is 0 Å². The van der Waals surface area contributed by atoms with E-state index in [2.05, 4.69) is 13.8 Å². The second-order valence-corrected chi connectivity index (χ2v) is 14.0. The quantitative estimate of drug-likeness (QED) is 0.0730. The topological polar surface area (TPSA) is 26.0 Å². The van der Waals surface area contributed by atoms with Gasteiger partial charge in [0.2, 0.25) is 0 Å². The van der Waals surface area contributed by atoms with E-state index in [1.165, 1.54) is 231 Å². The van der Waals surface area contributed by atoms with E-state index in [1.54, 1.807) is 0 Å². The molecule has 0 aliphatic heterocycles. The van der Waals surface area contributed by atoms with Gasteiger partial charge in [0.15, 0.2) is 0 Å². The average molecular weight is 578 g/mol. The van der Waals surface area contributed by atoms with Gasteiger partial charge >= 0.3 is 0 Å². The summed E-state index contributed by atoms with van der Waals surface area (Å²) in [5, 5.41) is 0. The van der Waals surface area contributed by atoms with Gasteiger partial charge in [0.1, 0.15) is 0 Å². The molecule has 0 amide bonds. The molecule has 0 saturated heterocycles.